The highest BCUT2D eigenvalue weighted by Gasteiger charge is 2.23. The van der Waals surface area contributed by atoms with Crippen LogP contribution in [0.1, 0.15) is 40.0 Å². The van der Waals surface area contributed by atoms with Gasteiger partial charge in [0.2, 0.25) is 0 Å². The summed E-state index contributed by atoms with van der Waals surface area (Å²) in [5, 5.41) is 8.50. The Morgan fingerprint density at radius 3 is 2.36 bits per heavy atom. The van der Waals surface area contributed by atoms with Crippen LogP contribution < -0.4 is 0 Å². The van der Waals surface area contributed by atoms with Crippen molar-refractivity contribution in [1.29, 1.82) is 0 Å². The number of ketones is 1. The van der Waals surface area contributed by atoms with Crippen molar-refractivity contribution >= 4 is 5.78 Å². The van der Waals surface area contributed by atoms with E-state index in [4.69, 9.17) is 5.11 Å². The molecule has 11 heavy (non-hydrogen) atoms. The Kier molecular flexibility index (Phi) is 4.34. The van der Waals surface area contributed by atoms with Crippen molar-refractivity contribution in [3.8, 4) is 0 Å². The molecule has 0 saturated carbocycles. The second-order valence-electron chi connectivity index (χ2n) is 3.49. The van der Waals surface area contributed by atoms with Crippen molar-refractivity contribution < 1.29 is 9.90 Å². The number of carbonyl (C=O) groups is 1. The smallest absolute Gasteiger partial charge is 0.138 e. The summed E-state index contributed by atoms with van der Waals surface area (Å²) in [5.41, 5.74) is -0.199. The van der Waals surface area contributed by atoms with Gasteiger partial charge in [0.25, 0.3) is 0 Å². The van der Waals surface area contributed by atoms with E-state index in [2.05, 4.69) is 0 Å². The van der Waals surface area contributed by atoms with Crippen molar-refractivity contribution in [2.75, 3.05) is 6.61 Å². The number of hydrogen-bond acceptors (Lipinski definition) is 2. The van der Waals surface area contributed by atoms with E-state index >= 15 is 0 Å². The molecular weight excluding hydrogens is 140 g/mol. The average molecular weight is 158 g/mol. The Bertz CT molecular complexity index is 128. The Labute approximate surface area is 68.6 Å². The molecule has 0 aliphatic heterocycles. The lowest BCUT2D eigenvalue weighted by Gasteiger charge is -2.20. The van der Waals surface area contributed by atoms with E-state index in [0.29, 0.717) is 12.8 Å². The lowest BCUT2D eigenvalue weighted by molar-refractivity contribution is -0.127. The summed E-state index contributed by atoms with van der Waals surface area (Å²) >= 11 is 0. The number of aliphatic hydroxyl groups is 1. The third kappa shape index (κ3) is 3.51. The molecule has 0 atom stereocenters. The highest BCUT2D eigenvalue weighted by Crippen LogP contribution is 2.22. The molecule has 1 N–H and O–H groups in total. The van der Waals surface area contributed by atoms with Crippen LogP contribution in [0.15, 0.2) is 0 Å². The third-order valence-electron chi connectivity index (χ3n) is 2.20. The monoisotopic (exact) mass is 158 g/mol. The molecule has 0 fully saturated rings. The van der Waals surface area contributed by atoms with E-state index in [1.54, 1.807) is 0 Å². The fourth-order valence-electron chi connectivity index (χ4n) is 0.775. The molecule has 0 amide bonds. The summed E-state index contributed by atoms with van der Waals surface area (Å²) in [7, 11) is 0. The van der Waals surface area contributed by atoms with Crippen LogP contribution in [0.3, 0.4) is 0 Å². The molecule has 0 aromatic rings. The van der Waals surface area contributed by atoms with Crippen molar-refractivity contribution in [3.05, 3.63) is 0 Å². The molecule has 0 unspecified atom stereocenters. The molecule has 0 saturated heterocycles. The zero-order chi connectivity index (χ0) is 8.91. The minimum Gasteiger partial charge on any atom is -0.396 e. The number of carbonyl (C=O) groups excluding carboxylic acids is 1. The normalized spacial score (nSPS) is 11.6. The van der Waals surface area contributed by atoms with E-state index in [1.807, 2.05) is 20.8 Å². The van der Waals surface area contributed by atoms with E-state index in [1.165, 1.54) is 0 Å². The molecule has 0 rings (SSSR count). The first-order valence-electron chi connectivity index (χ1n) is 4.18. The maximum absolute atomic E-state index is 11.3. The molecule has 0 bridgehead atoms. The molecule has 66 valence electrons. The molecular formula is C9H18O2. The van der Waals surface area contributed by atoms with Gasteiger partial charge in [0.1, 0.15) is 5.78 Å². The predicted molar refractivity (Wildman–Crippen MR) is 45.4 cm³/mol. The summed E-state index contributed by atoms with van der Waals surface area (Å²) < 4.78 is 0. The first-order chi connectivity index (χ1) is 5.04. The highest BCUT2D eigenvalue weighted by atomic mass is 16.3. The van der Waals surface area contributed by atoms with Gasteiger partial charge in [0, 0.05) is 18.4 Å². The van der Waals surface area contributed by atoms with Crippen LogP contribution in [0.4, 0.5) is 0 Å². The molecule has 0 spiro atoms. The van der Waals surface area contributed by atoms with Crippen LogP contribution in [0.2, 0.25) is 0 Å². The Morgan fingerprint density at radius 1 is 1.45 bits per heavy atom. The predicted octanol–water partition coefficient (Wildman–Crippen LogP) is 1.76. The van der Waals surface area contributed by atoms with Gasteiger partial charge in [-0.1, -0.05) is 20.8 Å². The van der Waals surface area contributed by atoms with Gasteiger partial charge in [0.05, 0.1) is 0 Å². The second-order valence-corrected chi connectivity index (χ2v) is 3.49. The van der Waals surface area contributed by atoms with Crippen molar-refractivity contribution in [2.45, 2.75) is 40.0 Å². The molecule has 2 heteroatoms. The van der Waals surface area contributed by atoms with E-state index in [0.717, 1.165) is 6.42 Å². The van der Waals surface area contributed by atoms with Crippen LogP contribution in [0, 0.1) is 5.41 Å². The SMILES string of the molecule is CCC(C)(C)C(=O)CCCO. The first-order valence-corrected chi connectivity index (χ1v) is 4.18. The average Bonchev–Trinajstić information content (AvgIpc) is 2.00. The van der Waals surface area contributed by atoms with Gasteiger partial charge in [-0.25, -0.2) is 0 Å². The van der Waals surface area contributed by atoms with Crippen LogP contribution >= 0.6 is 0 Å². The van der Waals surface area contributed by atoms with Crippen molar-refractivity contribution in [1.82, 2.24) is 0 Å². The molecule has 0 heterocycles. The van der Waals surface area contributed by atoms with Crippen LogP contribution in [-0.4, -0.2) is 17.5 Å². The second kappa shape index (κ2) is 4.50. The Morgan fingerprint density at radius 2 is 2.00 bits per heavy atom. The van der Waals surface area contributed by atoms with Crippen LogP contribution in [0.25, 0.3) is 0 Å². The molecule has 0 aliphatic rings. The number of rotatable bonds is 5. The summed E-state index contributed by atoms with van der Waals surface area (Å²) in [6.45, 7) is 6.03. The van der Waals surface area contributed by atoms with Crippen LogP contribution in [0.5, 0.6) is 0 Å². The molecule has 0 aromatic carbocycles. The molecule has 0 radical (unpaired) electrons. The molecule has 0 aliphatic carbocycles. The Hall–Kier alpha value is -0.370. The zero-order valence-electron chi connectivity index (χ0n) is 7.68. The minimum absolute atomic E-state index is 0.117. The van der Waals surface area contributed by atoms with Gasteiger partial charge in [0.15, 0.2) is 0 Å². The van der Waals surface area contributed by atoms with E-state index in [-0.39, 0.29) is 17.8 Å². The quantitative estimate of drug-likeness (QED) is 0.662. The largest absolute Gasteiger partial charge is 0.396 e. The summed E-state index contributed by atoms with van der Waals surface area (Å²) in [4.78, 5) is 11.3. The van der Waals surface area contributed by atoms with Gasteiger partial charge < -0.3 is 5.11 Å². The lowest BCUT2D eigenvalue weighted by atomic mass is 9.83. The lowest BCUT2D eigenvalue weighted by Crippen LogP contribution is -2.23. The van der Waals surface area contributed by atoms with Crippen molar-refractivity contribution in [2.24, 2.45) is 5.41 Å². The molecule has 0 aromatic heterocycles. The van der Waals surface area contributed by atoms with Crippen LogP contribution in [-0.2, 0) is 4.79 Å². The summed E-state index contributed by atoms with van der Waals surface area (Å²) in [6.07, 6.45) is 1.98. The zero-order valence-corrected chi connectivity index (χ0v) is 7.68. The first kappa shape index (κ1) is 10.6. The number of Topliss-reactive ketones (excluding diaryl/α,β-unsaturated/α-hetero) is 1. The fourth-order valence-corrected chi connectivity index (χ4v) is 0.775. The van der Waals surface area contributed by atoms with Gasteiger partial charge in [-0.3, -0.25) is 4.79 Å². The topological polar surface area (TPSA) is 37.3 Å². The van der Waals surface area contributed by atoms with E-state index < -0.39 is 0 Å². The fraction of sp³-hybridized carbons (Fsp3) is 0.889. The minimum atomic E-state index is -0.199. The maximum atomic E-state index is 11.3. The number of aliphatic hydroxyl groups excluding tert-OH is 1. The summed E-state index contributed by atoms with van der Waals surface area (Å²) in [5.74, 6) is 0.258. The van der Waals surface area contributed by atoms with Gasteiger partial charge in [-0.05, 0) is 12.8 Å². The van der Waals surface area contributed by atoms with Crippen molar-refractivity contribution in [3.63, 3.8) is 0 Å². The molecule has 2 nitrogen and oxygen atoms in total. The number of hydrogen-bond donors (Lipinski definition) is 1. The van der Waals surface area contributed by atoms with Gasteiger partial charge in [-0.15, -0.1) is 0 Å². The van der Waals surface area contributed by atoms with E-state index in [9.17, 15) is 4.79 Å². The maximum Gasteiger partial charge on any atom is 0.138 e. The standard InChI is InChI=1S/C9H18O2/c1-4-9(2,3)8(11)6-5-7-10/h10H,4-7H2,1-3H3. The third-order valence-corrected chi connectivity index (χ3v) is 2.20. The van der Waals surface area contributed by atoms with Gasteiger partial charge >= 0.3 is 0 Å². The Balaban J connectivity index is 3.82. The summed E-state index contributed by atoms with van der Waals surface area (Å²) in [6, 6.07) is 0. The van der Waals surface area contributed by atoms with Gasteiger partial charge in [-0.2, -0.15) is 0 Å². The highest BCUT2D eigenvalue weighted by molar-refractivity contribution is 5.83.